The van der Waals surface area contributed by atoms with Crippen LogP contribution in [0.3, 0.4) is 0 Å². The lowest BCUT2D eigenvalue weighted by atomic mass is 9.96. The van der Waals surface area contributed by atoms with Crippen LogP contribution in [0.5, 0.6) is 0 Å². The van der Waals surface area contributed by atoms with E-state index in [-0.39, 0.29) is 6.03 Å². The van der Waals surface area contributed by atoms with Gasteiger partial charge in [-0.1, -0.05) is 36.4 Å². The van der Waals surface area contributed by atoms with Gasteiger partial charge in [0.25, 0.3) is 0 Å². The zero-order valence-corrected chi connectivity index (χ0v) is 16.1. The Morgan fingerprint density at radius 3 is 2.82 bits per heavy atom. The van der Waals surface area contributed by atoms with E-state index in [0.29, 0.717) is 12.6 Å². The molecule has 0 bridgehead atoms. The SMILES string of the molecule is O=C(NCc1nnc2ccccn12)N1CCCCC1CCCc1ccccc1. The highest BCUT2D eigenvalue weighted by molar-refractivity contribution is 5.74. The minimum Gasteiger partial charge on any atom is -0.331 e. The fourth-order valence-corrected chi connectivity index (χ4v) is 4.02. The first kappa shape index (κ1) is 18.5. The van der Waals surface area contributed by atoms with Gasteiger partial charge in [-0.2, -0.15) is 0 Å². The Morgan fingerprint density at radius 1 is 1.07 bits per heavy atom. The molecule has 1 atom stereocenters. The first-order valence-corrected chi connectivity index (χ1v) is 10.2. The molecule has 0 aliphatic carbocycles. The molecule has 1 saturated heterocycles. The number of aromatic nitrogens is 3. The lowest BCUT2D eigenvalue weighted by Gasteiger charge is -2.35. The van der Waals surface area contributed by atoms with Gasteiger partial charge >= 0.3 is 6.03 Å². The van der Waals surface area contributed by atoms with Gasteiger partial charge in [0, 0.05) is 18.8 Å². The van der Waals surface area contributed by atoms with Crippen LogP contribution in [0.2, 0.25) is 0 Å². The fraction of sp³-hybridized carbons (Fsp3) is 0.409. The predicted octanol–water partition coefficient (Wildman–Crippen LogP) is 3.82. The summed E-state index contributed by atoms with van der Waals surface area (Å²) >= 11 is 0. The molecule has 0 spiro atoms. The maximum Gasteiger partial charge on any atom is 0.318 e. The van der Waals surface area contributed by atoms with Crippen molar-refractivity contribution in [2.75, 3.05) is 6.54 Å². The van der Waals surface area contributed by atoms with E-state index in [1.54, 1.807) is 0 Å². The summed E-state index contributed by atoms with van der Waals surface area (Å²) in [7, 11) is 0. The largest absolute Gasteiger partial charge is 0.331 e. The number of nitrogens with one attached hydrogen (secondary N) is 1. The highest BCUT2D eigenvalue weighted by Crippen LogP contribution is 2.22. The molecule has 146 valence electrons. The molecule has 1 N–H and O–H groups in total. The second kappa shape index (κ2) is 8.87. The molecule has 6 nitrogen and oxygen atoms in total. The minimum atomic E-state index is 0.0112. The number of carbonyl (C=O) groups excluding carboxylic acids is 1. The number of amides is 2. The van der Waals surface area contributed by atoms with Crippen LogP contribution in [0.4, 0.5) is 4.79 Å². The van der Waals surface area contributed by atoms with E-state index in [0.717, 1.165) is 50.1 Å². The molecule has 1 fully saturated rings. The number of fused-ring (bicyclic) bond motifs is 1. The van der Waals surface area contributed by atoms with Crippen molar-refractivity contribution in [3.8, 4) is 0 Å². The molecule has 1 aliphatic heterocycles. The number of urea groups is 1. The summed E-state index contributed by atoms with van der Waals surface area (Å²) in [4.78, 5) is 14.9. The van der Waals surface area contributed by atoms with Crippen LogP contribution in [0.25, 0.3) is 5.65 Å². The molecule has 0 saturated carbocycles. The summed E-state index contributed by atoms with van der Waals surface area (Å²) in [6, 6.07) is 16.7. The third-order valence-electron chi connectivity index (χ3n) is 5.52. The predicted molar refractivity (Wildman–Crippen MR) is 109 cm³/mol. The Hall–Kier alpha value is -2.89. The third kappa shape index (κ3) is 4.32. The Kier molecular flexibility index (Phi) is 5.85. The third-order valence-corrected chi connectivity index (χ3v) is 5.52. The van der Waals surface area contributed by atoms with Crippen molar-refractivity contribution in [2.24, 2.45) is 0 Å². The van der Waals surface area contributed by atoms with Crippen LogP contribution in [0, 0.1) is 0 Å². The van der Waals surface area contributed by atoms with E-state index < -0.39 is 0 Å². The molecule has 2 amide bonds. The van der Waals surface area contributed by atoms with Gasteiger partial charge in [0.15, 0.2) is 11.5 Å². The number of nitrogens with zero attached hydrogens (tertiary/aromatic N) is 4. The quantitative estimate of drug-likeness (QED) is 0.710. The van der Waals surface area contributed by atoms with Crippen molar-refractivity contribution < 1.29 is 4.79 Å². The number of pyridine rings is 1. The number of rotatable bonds is 6. The van der Waals surface area contributed by atoms with Gasteiger partial charge in [-0.15, -0.1) is 10.2 Å². The number of carbonyl (C=O) groups is 1. The average molecular weight is 377 g/mol. The highest BCUT2D eigenvalue weighted by atomic mass is 16.2. The van der Waals surface area contributed by atoms with Crippen molar-refractivity contribution in [1.29, 1.82) is 0 Å². The monoisotopic (exact) mass is 377 g/mol. The molecule has 1 unspecified atom stereocenters. The summed E-state index contributed by atoms with van der Waals surface area (Å²) in [5, 5.41) is 11.4. The number of piperidine rings is 1. The lowest BCUT2D eigenvalue weighted by Crippen LogP contribution is -2.48. The number of hydrogen-bond donors (Lipinski definition) is 1. The second-order valence-electron chi connectivity index (χ2n) is 7.42. The summed E-state index contributed by atoms with van der Waals surface area (Å²) in [5.74, 6) is 0.751. The van der Waals surface area contributed by atoms with Crippen molar-refractivity contribution >= 4 is 11.7 Å². The summed E-state index contributed by atoms with van der Waals surface area (Å²) < 4.78 is 1.91. The van der Waals surface area contributed by atoms with Gasteiger partial charge in [0.2, 0.25) is 0 Å². The highest BCUT2D eigenvalue weighted by Gasteiger charge is 2.26. The molecule has 28 heavy (non-hydrogen) atoms. The smallest absolute Gasteiger partial charge is 0.318 e. The fourth-order valence-electron chi connectivity index (χ4n) is 4.02. The molecule has 3 heterocycles. The molecule has 2 aromatic heterocycles. The molecule has 1 aliphatic rings. The number of aryl methyl sites for hydroxylation is 1. The molecule has 3 aromatic rings. The van der Waals surface area contributed by atoms with Gasteiger partial charge in [-0.3, -0.25) is 4.40 Å². The second-order valence-corrected chi connectivity index (χ2v) is 7.42. The normalized spacial score (nSPS) is 17.0. The van der Waals surface area contributed by atoms with Crippen LogP contribution in [-0.2, 0) is 13.0 Å². The first-order valence-electron chi connectivity index (χ1n) is 10.2. The molecule has 0 radical (unpaired) electrons. The van der Waals surface area contributed by atoms with Crippen molar-refractivity contribution in [2.45, 2.75) is 51.1 Å². The van der Waals surface area contributed by atoms with Crippen LogP contribution in [-0.4, -0.2) is 38.1 Å². The molecule has 1 aromatic carbocycles. The number of benzene rings is 1. The Labute approximate surface area is 165 Å². The molecular formula is C22H27N5O. The average Bonchev–Trinajstić information content (AvgIpc) is 3.16. The van der Waals surface area contributed by atoms with Crippen LogP contribution in [0.15, 0.2) is 54.7 Å². The van der Waals surface area contributed by atoms with E-state index in [2.05, 4.69) is 45.8 Å². The van der Waals surface area contributed by atoms with Crippen LogP contribution in [0.1, 0.15) is 43.5 Å². The van der Waals surface area contributed by atoms with Gasteiger partial charge in [-0.05, 0) is 56.2 Å². The molecule has 4 rings (SSSR count). The van der Waals surface area contributed by atoms with Gasteiger partial charge < -0.3 is 10.2 Å². The maximum absolute atomic E-state index is 12.8. The Bertz CT molecular complexity index is 907. The lowest BCUT2D eigenvalue weighted by molar-refractivity contribution is 0.145. The number of likely N-dealkylation sites (tertiary alicyclic amines) is 1. The summed E-state index contributed by atoms with van der Waals surface area (Å²) in [6.07, 6.45) is 8.52. The standard InChI is InChI=1S/C22H27N5O/c28-22(23-17-21-25-24-20-14-5-7-16-27(20)21)26-15-6-4-12-19(26)13-8-11-18-9-2-1-3-10-18/h1-3,5,7,9-10,14,16,19H,4,6,8,11-13,15,17H2,(H,23,28). The van der Waals surface area contributed by atoms with E-state index in [1.807, 2.05) is 33.7 Å². The van der Waals surface area contributed by atoms with Crippen molar-refractivity contribution in [3.05, 3.63) is 66.1 Å². The number of hydrogen-bond acceptors (Lipinski definition) is 3. The van der Waals surface area contributed by atoms with Gasteiger partial charge in [0.05, 0.1) is 6.54 Å². The van der Waals surface area contributed by atoms with Crippen molar-refractivity contribution in [3.63, 3.8) is 0 Å². The zero-order chi connectivity index (χ0) is 19.2. The first-order chi connectivity index (χ1) is 13.8. The van der Waals surface area contributed by atoms with E-state index in [4.69, 9.17) is 0 Å². The Morgan fingerprint density at radius 2 is 1.93 bits per heavy atom. The van der Waals surface area contributed by atoms with Gasteiger partial charge in [-0.25, -0.2) is 4.79 Å². The Balaban J connectivity index is 1.32. The molecular weight excluding hydrogens is 350 g/mol. The molecule has 6 heteroatoms. The summed E-state index contributed by atoms with van der Waals surface area (Å²) in [6.45, 7) is 1.22. The zero-order valence-electron chi connectivity index (χ0n) is 16.1. The van der Waals surface area contributed by atoms with Crippen molar-refractivity contribution in [1.82, 2.24) is 24.8 Å². The van der Waals surface area contributed by atoms with Crippen LogP contribution >= 0.6 is 0 Å². The maximum atomic E-state index is 12.8. The minimum absolute atomic E-state index is 0.0112. The van der Waals surface area contributed by atoms with E-state index >= 15 is 0 Å². The van der Waals surface area contributed by atoms with E-state index in [1.165, 1.54) is 12.0 Å². The summed E-state index contributed by atoms with van der Waals surface area (Å²) in [5.41, 5.74) is 2.16. The van der Waals surface area contributed by atoms with Crippen LogP contribution < -0.4 is 5.32 Å². The topological polar surface area (TPSA) is 62.5 Å². The van der Waals surface area contributed by atoms with Gasteiger partial charge in [0.1, 0.15) is 0 Å². The van der Waals surface area contributed by atoms with E-state index in [9.17, 15) is 4.79 Å².